The highest BCUT2D eigenvalue weighted by Crippen LogP contribution is 2.23. The molecular weight excluding hydrogens is 270 g/mol. The number of carbonyl (C=O) groups is 2. The fourth-order valence-corrected chi connectivity index (χ4v) is 1.67. The van der Waals surface area contributed by atoms with Crippen LogP contribution in [0.3, 0.4) is 0 Å². The Morgan fingerprint density at radius 3 is 2.43 bits per heavy atom. The normalized spacial score (nSPS) is 10.9. The van der Waals surface area contributed by atoms with Crippen LogP contribution in [0.4, 0.5) is 5.69 Å². The number of carbonyl (C=O) groups excluding carboxylic acids is 2. The monoisotopic (exact) mass is 293 g/mol. The predicted molar refractivity (Wildman–Crippen MR) is 81.3 cm³/mol. The van der Waals surface area contributed by atoms with Crippen LogP contribution in [0.2, 0.25) is 0 Å². The molecule has 1 rings (SSSR count). The van der Waals surface area contributed by atoms with E-state index in [2.05, 4.69) is 5.32 Å². The summed E-state index contributed by atoms with van der Waals surface area (Å²) in [4.78, 5) is 23.4. The van der Waals surface area contributed by atoms with Gasteiger partial charge in [0.15, 0.2) is 0 Å². The van der Waals surface area contributed by atoms with Gasteiger partial charge < -0.3 is 14.8 Å². The van der Waals surface area contributed by atoms with Crippen molar-refractivity contribution < 1.29 is 19.1 Å². The molecular formula is C16H23NO4. The molecule has 5 nitrogen and oxygen atoms in total. The van der Waals surface area contributed by atoms with Crippen LogP contribution in [-0.4, -0.2) is 24.1 Å². The standard InChI is InChI=1S/C16H23NO4/c1-5-20-13-9-7-6-8-12(13)17-14(18)10-11-15(19)21-16(2,3)4/h6-9H,5,10-11H2,1-4H3,(H,17,18). The maximum absolute atomic E-state index is 11.9. The third kappa shape index (κ3) is 6.79. The Morgan fingerprint density at radius 2 is 1.81 bits per heavy atom. The van der Waals surface area contributed by atoms with Gasteiger partial charge in [0.05, 0.1) is 18.7 Å². The molecule has 0 heterocycles. The van der Waals surface area contributed by atoms with Gasteiger partial charge in [-0.15, -0.1) is 0 Å². The van der Waals surface area contributed by atoms with Gasteiger partial charge in [0.1, 0.15) is 11.4 Å². The van der Waals surface area contributed by atoms with Crippen LogP contribution < -0.4 is 10.1 Å². The van der Waals surface area contributed by atoms with Gasteiger partial charge in [0.25, 0.3) is 0 Å². The van der Waals surface area contributed by atoms with Crippen molar-refractivity contribution in [1.82, 2.24) is 0 Å². The van der Waals surface area contributed by atoms with E-state index in [1.54, 1.807) is 32.9 Å². The lowest BCUT2D eigenvalue weighted by molar-refractivity contribution is -0.155. The summed E-state index contributed by atoms with van der Waals surface area (Å²) in [5.41, 5.74) is 0.0725. The molecule has 0 aliphatic carbocycles. The molecule has 0 spiro atoms. The minimum atomic E-state index is -0.533. The fraction of sp³-hybridized carbons (Fsp3) is 0.500. The van der Waals surface area contributed by atoms with Crippen LogP contribution >= 0.6 is 0 Å². The molecule has 0 aromatic heterocycles. The number of nitrogens with one attached hydrogen (secondary N) is 1. The number of esters is 1. The first-order valence-corrected chi connectivity index (χ1v) is 7.05. The number of ether oxygens (including phenoxy) is 2. The molecule has 0 saturated carbocycles. The van der Waals surface area contributed by atoms with E-state index in [0.29, 0.717) is 18.0 Å². The second-order valence-electron chi connectivity index (χ2n) is 5.56. The molecule has 0 aliphatic rings. The molecule has 0 atom stereocenters. The van der Waals surface area contributed by atoms with Crippen molar-refractivity contribution in [3.05, 3.63) is 24.3 Å². The summed E-state index contributed by atoms with van der Waals surface area (Å²) in [6, 6.07) is 7.19. The number of rotatable bonds is 6. The van der Waals surface area contributed by atoms with E-state index in [-0.39, 0.29) is 24.7 Å². The molecule has 1 amide bonds. The van der Waals surface area contributed by atoms with E-state index in [9.17, 15) is 9.59 Å². The van der Waals surface area contributed by atoms with E-state index in [1.165, 1.54) is 0 Å². The summed E-state index contributed by atoms with van der Waals surface area (Å²) in [6.07, 6.45) is 0.134. The van der Waals surface area contributed by atoms with E-state index >= 15 is 0 Å². The van der Waals surface area contributed by atoms with Gasteiger partial charge in [0.2, 0.25) is 5.91 Å². The van der Waals surface area contributed by atoms with Crippen molar-refractivity contribution in [3.8, 4) is 5.75 Å². The largest absolute Gasteiger partial charge is 0.492 e. The third-order valence-electron chi connectivity index (χ3n) is 2.44. The van der Waals surface area contributed by atoms with Crippen LogP contribution in [0.25, 0.3) is 0 Å². The van der Waals surface area contributed by atoms with Crippen molar-refractivity contribution in [2.75, 3.05) is 11.9 Å². The summed E-state index contributed by atoms with van der Waals surface area (Å²) < 4.78 is 10.6. The van der Waals surface area contributed by atoms with Crippen LogP contribution in [0.1, 0.15) is 40.5 Å². The van der Waals surface area contributed by atoms with Crippen LogP contribution in [-0.2, 0) is 14.3 Å². The zero-order valence-electron chi connectivity index (χ0n) is 13.1. The van der Waals surface area contributed by atoms with Crippen LogP contribution in [0.15, 0.2) is 24.3 Å². The summed E-state index contributed by atoms with van der Waals surface area (Å²) in [7, 11) is 0. The number of anilines is 1. The average Bonchev–Trinajstić information content (AvgIpc) is 2.37. The zero-order valence-corrected chi connectivity index (χ0v) is 13.1. The lowest BCUT2D eigenvalue weighted by Gasteiger charge is -2.19. The number of benzene rings is 1. The van der Waals surface area contributed by atoms with Gasteiger partial charge in [0, 0.05) is 6.42 Å². The highest BCUT2D eigenvalue weighted by atomic mass is 16.6. The Bertz CT molecular complexity index is 491. The Kier molecular flexibility index (Phi) is 6.21. The highest BCUT2D eigenvalue weighted by Gasteiger charge is 2.17. The Hall–Kier alpha value is -2.04. The molecule has 1 aromatic rings. The quantitative estimate of drug-likeness (QED) is 0.818. The first-order chi connectivity index (χ1) is 9.81. The summed E-state index contributed by atoms with van der Waals surface area (Å²) in [5.74, 6) is -0.00521. The highest BCUT2D eigenvalue weighted by molar-refractivity contribution is 5.93. The zero-order chi connectivity index (χ0) is 15.9. The molecule has 0 aliphatic heterocycles. The lowest BCUT2D eigenvalue weighted by atomic mass is 10.2. The fourth-order valence-electron chi connectivity index (χ4n) is 1.67. The van der Waals surface area contributed by atoms with Gasteiger partial charge in [-0.25, -0.2) is 0 Å². The Morgan fingerprint density at radius 1 is 1.14 bits per heavy atom. The van der Waals surface area contributed by atoms with E-state index in [1.807, 2.05) is 19.1 Å². The summed E-state index contributed by atoms with van der Waals surface area (Å²) >= 11 is 0. The number of amides is 1. The van der Waals surface area contributed by atoms with E-state index in [0.717, 1.165) is 0 Å². The minimum absolute atomic E-state index is 0.0555. The maximum atomic E-state index is 11.9. The van der Waals surface area contributed by atoms with Crippen molar-refractivity contribution >= 4 is 17.6 Å². The Labute approximate surface area is 125 Å². The smallest absolute Gasteiger partial charge is 0.306 e. The second kappa shape index (κ2) is 7.67. The first-order valence-electron chi connectivity index (χ1n) is 7.05. The Balaban J connectivity index is 2.49. The van der Waals surface area contributed by atoms with Gasteiger partial charge >= 0.3 is 5.97 Å². The van der Waals surface area contributed by atoms with E-state index in [4.69, 9.17) is 9.47 Å². The maximum Gasteiger partial charge on any atom is 0.306 e. The number of hydrogen-bond donors (Lipinski definition) is 1. The van der Waals surface area contributed by atoms with Crippen molar-refractivity contribution in [2.45, 2.75) is 46.1 Å². The summed E-state index contributed by atoms with van der Waals surface area (Å²) in [6.45, 7) is 7.78. The van der Waals surface area contributed by atoms with Crippen LogP contribution in [0.5, 0.6) is 5.75 Å². The molecule has 1 aromatic carbocycles. The molecule has 0 fully saturated rings. The third-order valence-corrected chi connectivity index (χ3v) is 2.44. The number of para-hydroxylation sites is 2. The lowest BCUT2D eigenvalue weighted by Crippen LogP contribution is -2.24. The molecule has 0 saturated heterocycles. The molecule has 21 heavy (non-hydrogen) atoms. The van der Waals surface area contributed by atoms with Gasteiger partial charge in [-0.2, -0.15) is 0 Å². The summed E-state index contributed by atoms with van der Waals surface area (Å²) in [5, 5.41) is 2.74. The van der Waals surface area contributed by atoms with Gasteiger partial charge in [-0.05, 0) is 39.8 Å². The molecule has 1 N–H and O–H groups in total. The van der Waals surface area contributed by atoms with Gasteiger partial charge in [-0.3, -0.25) is 9.59 Å². The molecule has 0 bridgehead atoms. The first kappa shape index (κ1) is 17.0. The SMILES string of the molecule is CCOc1ccccc1NC(=O)CCC(=O)OC(C)(C)C. The number of hydrogen-bond acceptors (Lipinski definition) is 4. The van der Waals surface area contributed by atoms with Crippen molar-refractivity contribution in [2.24, 2.45) is 0 Å². The van der Waals surface area contributed by atoms with Crippen LogP contribution in [0, 0.1) is 0 Å². The molecule has 5 heteroatoms. The second-order valence-corrected chi connectivity index (χ2v) is 5.56. The minimum Gasteiger partial charge on any atom is -0.492 e. The van der Waals surface area contributed by atoms with Crippen molar-refractivity contribution in [1.29, 1.82) is 0 Å². The van der Waals surface area contributed by atoms with Crippen molar-refractivity contribution in [3.63, 3.8) is 0 Å². The molecule has 0 unspecified atom stereocenters. The molecule has 116 valence electrons. The average molecular weight is 293 g/mol. The topological polar surface area (TPSA) is 64.6 Å². The predicted octanol–water partition coefficient (Wildman–Crippen LogP) is 3.15. The van der Waals surface area contributed by atoms with Gasteiger partial charge in [-0.1, -0.05) is 12.1 Å². The molecule has 0 radical (unpaired) electrons. The van der Waals surface area contributed by atoms with E-state index < -0.39 is 5.60 Å².